The zero-order valence-electron chi connectivity index (χ0n) is 19.1. The number of amides is 2. The minimum absolute atomic E-state index is 0.00997. The number of hydrogen-bond acceptors (Lipinski definition) is 7. The summed E-state index contributed by atoms with van der Waals surface area (Å²) in [5, 5.41) is 5.90. The Bertz CT molecular complexity index is 1200. The third kappa shape index (κ3) is 4.82. The van der Waals surface area contributed by atoms with E-state index in [0.717, 1.165) is 52.2 Å². The molecule has 9 heteroatoms. The van der Waals surface area contributed by atoms with Crippen molar-refractivity contribution in [3.8, 4) is 16.3 Å². The van der Waals surface area contributed by atoms with E-state index in [1.54, 1.807) is 24.5 Å². The molecule has 0 bridgehead atoms. The zero-order valence-corrected chi connectivity index (χ0v) is 20.7. The highest BCUT2D eigenvalue weighted by molar-refractivity contribution is 8.00. The van der Waals surface area contributed by atoms with E-state index in [1.165, 1.54) is 11.8 Å². The molecule has 0 spiro atoms. The van der Waals surface area contributed by atoms with Gasteiger partial charge in [-0.25, -0.2) is 4.98 Å². The molecule has 1 atom stereocenters. The molecule has 7 nitrogen and oxygen atoms in total. The van der Waals surface area contributed by atoms with Gasteiger partial charge in [0.05, 0.1) is 23.7 Å². The van der Waals surface area contributed by atoms with E-state index < -0.39 is 0 Å². The summed E-state index contributed by atoms with van der Waals surface area (Å²) in [5.74, 6) is 0.824. The molecule has 0 unspecified atom stereocenters. The van der Waals surface area contributed by atoms with Crippen LogP contribution in [-0.4, -0.2) is 65.1 Å². The van der Waals surface area contributed by atoms with Crippen LogP contribution in [-0.2, 0) is 11.3 Å². The van der Waals surface area contributed by atoms with E-state index in [0.29, 0.717) is 18.7 Å². The van der Waals surface area contributed by atoms with Crippen molar-refractivity contribution in [3.05, 3.63) is 59.1 Å². The fraction of sp³-hybridized carbons (Fsp3) is 0.320. The summed E-state index contributed by atoms with van der Waals surface area (Å²) in [6.07, 6.45) is 0. The van der Waals surface area contributed by atoms with Gasteiger partial charge >= 0.3 is 0 Å². The molecule has 176 valence electrons. The van der Waals surface area contributed by atoms with Gasteiger partial charge in [-0.05, 0) is 49.4 Å². The largest absolute Gasteiger partial charge is 0.497 e. The Morgan fingerprint density at radius 3 is 2.65 bits per heavy atom. The van der Waals surface area contributed by atoms with Crippen LogP contribution < -0.4 is 10.1 Å². The van der Waals surface area contributed by atoms with Gasteiger partial charge < -0.3 is 15.0 Å². The molecule has 3 heterocycles. The first-order chi connectivity index (χ1) is 16.5. The van der Waals surface area contributed by atoms with Crippen LogP contribution in [0.5, 0.6) is 5.75 Å². The molecule has 1 fully saturated rings. The van der Waals surface area contributed by atoms with Crippen LogP contribution in [0.4, 0.5) is 5.69 Å². The highest BCUT2D eigenvalue weighted by atomic mass is 32.2. The average Bonchev–Trinajstić information content (AvgIpc) is 3.33. The van der Waals surface area contributed by atoms with E-state index >= 15 is 0 Å². The topological polar surface area (TPSA) is 74.8 Å². The lowest BCUT2D eigenvalue weighted by molar-refractivity contribution is -0.115. The van der Waals surface area contributed by atoms with Gasteiger partial charge in [0, 0.05) is 54.1 Å². The van der Waals surface area contributed by atoms with Crippen LogP contribution in [0.2, 0.25) is 0 Å². The number of anilines is 1. The Balaban J connectivity index is 1.17. The van der Waals surface area contributed by atoms with Gasteiger partial charge in [0.1, 0.15) is 10.8 Å². The summed E-state index contributed by atoms with van der Waals surface area (Å²) in [7, 11) is 1.66. The zero-order chi connectivity index (χ0) is 23.7. The van der Waals surface area contributed by atoms with Crippen molar-refractivity contribution < 1.29 is 14.3 Å². The molecular weight excluding hydrogens is 468 g/mol. The number of ether oxygens (including phenoxy) is 1. The number of carbonyl (C=O) groups is 2. The molecule has 2 aromatic carbocycles. The van der Waals surface area contributed by atoms with E-state index in [1.807, 2.05) is 48.2 Å². The van der Waals surface area contributed by atoms with Gasteiger partial charge in [-0.1, -0.05) is 0 Å². The van der Waals surface area contributed by atoms with Crippen molar-refractivity contribution in [2.75, 3.05) is 38.6 Å². The molecule has 1 N–H and O–H groups in total. The number of benzene rings is 2. The van der Waals surface area contributed by atoms with Crippen LogP contribution in [0.25, 0.3) is 10.6 Å². The van der Waals surface area contributed by atoms with Crippen molar-refractivity contribution in [3.63, 3.8) is 0 Å². The highest BCUT2D eigenvalue weighted by Crippen LogP contribution is 2.36. The van der Waals surface area contributed by atoms with Gasteiger partial charge in [0.15, 0.2) is 0 Å². The maximum absolute atomic E-state index is 13.1. The van der Waals surface area contributed by atoms with Crippen molar-refractivity contribution in [1.29, 1.82) is 0 Å². The summed E-state index contributed by atoms with van der Waals surface area (Å²) >= 11 is 3.17. The van der Waals surface area contributed by atoms with E-state index in [2.05, 4.69) is 15.6 Å². The van der Waals surface area contributed by atoms with E-state index in [9.17, 15) is 9.59 Å². The quantitative estimate of drug-likeness (QED) is 0.573. The first kappa shape index (κ1) is 22.9. The predicted octanol–water partition coefficient (Wildman–Crippen LogP) is 4.21. The number of piperazine rings is 1. The summed E-state index contributed by atoms with van der Waals surface area (Å²) < 4.78 is 5.23. The molecule has 2 aliphatic rings. The van der Waals surface area contributed by atoms with E-state index in [-0.39, 0.29) is 17.1 Å². The Kier molecular flexibility index (Phi) is 6.58. The van der Waals surface area contributed by atoms with Crippen molar-refractivity contribution in [2.24, 2.45) is 0 Å². The fourth-order valence-corrected chi connectivity index (χ4v) is 5.86. The number of aromatic nitrogens is 1. The van der Waals surface area contributed by atoms with Gasteiger partial charge in [0.25, 0.3) is 5.91 Å². The van der Waals surface area contributed by atoms with Crippen molar-refractivity contribution >= 4 is 40.6 Å². The molecule has 5 rings (SSSR count). The predicted molar refractivity (Wildman–Crippen MR) is 136 cm³/mol. The smallest absolute Gasteiger partial charge is 0.254 e. The molecular formula is C25H26N4O3S2. The Hall–Kier alpha value is -2.88. The maximum Gasteiger partial charge on any atom is 0.254 e. The molecule has 3 aromatic rings. The first-order valence-electron chi connectivity index (χ1n) is 11.2. The number of methoxy groups -OCH3 is 1. The highest BCUT2D eigenvalue weighted by Gasteiger charge is 2.26. The number of fused-ring (bicyclic) bond motifs is 1. The summed E-state index contributed by atoms with van der Waals surface area (Å²) in [5.41, 5.74) is 3.48. The molecule has 0 radical (unpaired) electrons. The van der Waals surface area contributed by atoms with Crippen LogP contribution in [0, 0.1) is 0 Å². The molecule has 0 aliphatic carbocycles. The molecule has 2 amide bonds. The van der Waals surface area contributed by atoms with Crippen LogP contribution >= 0.6 is 23.1 Å². The minimum Gasteiger partial charge on any atom is -0.497 e. The Morgan fingerprint density at radius 2 is 1.91 bits per heavy atom. The van der Waals surface area contributed by atoms with Gasteiger partial charge in [-0.3, -0.25) is 14.5 Å². The van der Waals surface area contributed by atoms with Crippen molar-refractivity contribution in [1.82, 2.24) is 14.8 Å². The molecule has 2 aliphatic heterocycles. The number of thioether (sulfide) groups is 1. The second-order valence-corrected chi connectivity index (χ2v) is 10.6. The Labute approximate surface area is 207 Å². The number of rotatable bonds is 5. The summed E-state index contributed by atoms with van der Waals surface area (Å²) in [6.45, 7) is 5.60. The third-order valence-corrected chi connectivity index (χ3v) is 8.21. The second kappa shape index (κ2) is 9.77. The van der Waals surface area contributed by atoms with Crippen LogP contribution in [0.1, 0.15) is 23.0 Å². The lowest BCUT2D eigenvalue weighted by atomic mass is 10.1. The molecule has 1 aromatic heterocycles. The van der Waals surface area contributed by atoms with Gasteiger partial charge in [-0.15, -0.1) is 23.1 Å². The number of carbonyl (C=O) groups excluding carboxylic acids is 2. The standard InChI is InChI=1S/C25H26N4O3S2/c1-16-23(30)27-21-13-18(5-8-22(21)34-16)25(31)29-11-9-28(10-12-29)14-19-15-33-24(26-19)17-3-6-20(32-2)7-4-17/h3-8,13,15-16H,9-12,14H2,1-2H3,(H,27,30)/t16-/m1/s1. The van der Waals surface area contributed by atoms with Crippen LogP contribution in [0.15, 0.2) is 52.7 Å². The molecule has 34 heavy (non-hydrogen) atoms. The Morgan fingerprint density at radius 1 is 1.15 bits per heavy atom. The number of thiazole rings is 1. The normalized spacial score (nSPS) is 18.4. The SMILES string of the molecule is COc1ccc(-c2nc(CN3CCN(C(=O)c4ccc5c(c4)NC(=O)[C@@H](C)S5)CC3)cs2)cc1. The summed E-state index contributed by atoms with van der Waals surface area (Å²) in [6, 6.07) is 13.5. The fourth-order valence-electron chi connectivity index (χ4n) is 4.11. The minimum atomic E-state index is -0.118. The third-order valence-electron chi connectivity index (χ3n) is 6.09. The summed E-state index contributed by atoms with van der Waals surface area (Å²) in [4.78, 5) is 35.1. The lowest BCUT2D eigenvalue weighted by Gasteiger charge is -2.34. The van der Waals surface area contributed by atoms with Gasteiger partial charge in [-0.2, -0.15) is 0 Å². The number of nitrogens with zero attached hydrogens (tertiary/aromatic N) is 3. The van der Waals surface area contributed by atoms with Crippen molar-refractivity contribution in [2.45, 2.75) is 23.6 Å². The monoisotopic (exact) mass is 494 g/mol. The lowest BCUT2D eigenvalue weighted by Crippen LogP contribution is -2.48. The van der Waals surface area contributed by atoms with Crippen LogP contribution in [0.3, 0.4) is 0 Å². The molecule has 1 saturated heterocycles. The maximum atomic E-state index is 13.1. The number of nitrogens with one attached hydrogen (secondary N) is 1. The average molecular weight is 495 g/mol. The number of hydrogen-bond donors (Lipinski definition) is 1. The first-order valence-corrected chi connectivity index (χ1v) is 13.0. The molecule has 0 saturated carbocycles. The van der Waals surface area contributed by atoms with E-state index in [4.69, 9.17) is 9.72 Å². The van der Waals surface area contributed by atoms with Gasteiger partial charge in [0.2, 0.25) is 5.91 Å². The second-order valence-electron chi connectivity index (χ2n) is 8.40.